The number of H-pyrrole nitrogens is 1. The molecule has 0 saturated carbocycles. The van der Waals surface area contributed by atoms with E-state index >= 15 is 0 Å². The molecule has 0 unspecified atom stereocenters. The fourth-order valence-corrected chi connectivity index (χ4v) is 7.11. The van der Waals surface area contributed by atoms with E-state index in [-0.39, 0.29) is 36.5 Å². The van der Waals surface area contributed by atoms with Crippen LogP contribution in [0, 0.1) is 0 Å². The quantitative estimate of drug-likeness (QED) is 0.0644. The second-order valence-corrected chi connectivity index (χ2v) is 14.3. The lowest BCUT2D eigenvalue weighted by Crippen LogP contribution is -2.39. The number of hydrogen-bond donors (Lipinski definition) is 6. The Labute approximate surface area is 336 Å². The Balaban J connectivity index is 0.775. The largest absolute Gasteiger partial charge is 0.506 e. The molecular weight excluding hydrogens is 735 g/mol. The fourth-order valence-electron chi connectivity index (χ4n) is 7.11. The Morgan fingerprint density at radius 1 is 0.810 bits per heavy atom. The molecule has 1 atom stereocenters. The van der Waals surface area contributed by atoms with E-state index in [0.29, 0.717) is 34.4 Å². The van der Waals surface area contributed by atoms with Crippen molar-refractivity contribution < 1.29 is 29.3 Å². The highest BCUT2D eigenvalue weighted by atomic mass is 16.6. The lowest BCUT2D eigenvalue weighted by molar-refractivity contribution is -0.118. The maximum absolute atomic E-state index is 12.8. The summed E-state index contributed by atoms with van der Waals surface area (Å²) in [6.07, 6.45) is 1.00. The van der Waals surface area contributed by atoms with Crippen LogP contribution in [-0.2, 0) is 22.5 Å². The van der Waals surface area contributed by atoms with Crippen LogP contribution in [0.25, 0.3) is 22.0 Å². The average molecular weight is 782 g/mol. The van der Waals surface area contributed by atoms with Crippen molar-refractivity contribution in [2.75, 3.05) is 43.4 Å². The molecule has 12 heteroatoms. The number of aromatic amines is 1. The summed E-state index contributed by atoms with van der Waals surface area (Å²) < 4.78 is 11.5. The Morgan fingerprint density at radius 3 is 2.31 bits per heavy atom. The number of aromatic hydroxyl groups is 1. The van der Waals surface area contributed by atoms with E-state index in [4.69, 9.17) is 9.47 Å². The van der Waals surface area contributed by atoms with Gasteiger partial charge in [0.25, 0.3) is 5.91 Å². The van der Waals surface area contributed by atoms with E-state index in [2.05, 4.69) is 25.8 Å². The standard InChI is InChI=1S/C46H47N5O7/c52-41-20-18-38(39-19-21-43(54)50-45(39)41)42(53)29-47-28-32-12-16-35(17-13-32)57-30-44(55)48-34-14-10-31(11-15-34)22-25-51-26-23-36(24-27-51)58-46(56)49-40-9-5-4-8-37(40)33-6-2-1-3-7-33/h1-21,36,42,47,52-53H,22-30H2,(H,48,55)(H,49,56)(H,50,54)/t42-/m1/s1. The Morgan fingerprint density at radius 2 is 1.53 bits per heavy atom. The number of aromatic nitrogens is 1. The van der Waals surface area contributed by atoms with E-state index < -0.39 is 12.2 Å². The van der Waals surface area contributed by atoms with Crippen LogP contribution in [0.4, 0.5) is 16.2 Å². The van der Waals surface area contributed by atoms with Gasteiger partial charge < -0.3 is 40.2 Å². The minimum Gasteiger partial charge on any atom is -0.506 e. The van der Waals surface area contributed by atoms with Gasteiger partial charge in [0.05, 0.1) is 17.3 Å². The molecule has 2 heterocycles. The first-order valence-corrected chi connectivity index (χ1v) is 19.5. The monoisotopic (exact) mass is 781 g/mol. The molecular formula is C46H47N5O7. The molecule has 1 saturated heterocycles. The second kappa shape index (κ2) is 19.1. The van der Waals surface area contributed by atoms with Crippen molar-refractivity contribution in [1.82, 2.24) is 15.2 Å². The van der Waals surface area contributed by atoms with Crippen LogP contribution in [0.1, 0.15) is 35.6 Å². The molecule has 6 aromatic rings. The predicted molar refractivity (Wildman–Crippen MR) is 225 cm³/mol. The molecule has 12 nitrogen and oxygen atoms in total. The molecule has 1 aromatic heterocycles. The number of fused-ring (bicyclic) bond motifs is 1. The molecule has 1 aliphatic rings. The van der Waals surface area contributed by atoms with E-state index in [0.717, 1.165) is 61.3 Å². The van der Waals surface area contributed by atoms with Gasteiger partial charge in [0.1, 0.15) is 17.6 Å². The van der Waals surface area contributed by atoms with Gasteiger partial charge in [0.15, 0.2) is 6.61 Å². The first kappa shape index (κ1) is 39.8. The van der Waals surface area contributed by atoms with E-state index in [1.807, 2.05) is 91.0 Å². The number of nitrogens with one attached hydrogen (secondary N) is 4. The van der Waals surface area contributed by atoms with Gasteiger partial charge in [0.2, 0.25) is 5.56 Å². The molecule has 1 aliphatic heterocycles. The Hall–Kier alpha value is -6.47. The molecule has 298 valence electrons. The summed E-state index contributed by atoms with van der Waals surface area (Å²) >= 11 is 0. The van der Waals surface area contributed by atoms with Crippen molar-refractivity contribution in [1.29, 1.82) is 0 Å². The van der Waals surface area contributed by atoms with Gasteiger partial charge in [-0.3, -0.25) is 14.9 Å². The minimum atomic E-state index is -0.861. The zero-order valence-electron chi connectivity index (χ0n) is 32.0. The van der Waals surface area contributed by atoms with Crippen molar-refractivity contribution in [3.63, 3.8) is 0 Å². The number of ether oxygens (including phenoxy) is 2. The second-order valence-electron chi connectivity index (χ2n) is 14.3. The Kier molecular flexibility index (Phi) is 13.1. The molecule has 0 aliphatic carbocycles. The predicted octanol–water partition coefficient (Wildman–Crippen LogP) is 7.00. The molecule has 0 spiro atoms. The molecule has 6 N–H and O–H groups in total. The van der Waals surface area contributed by atoms with E-state index in [1.54, 1.807) is 24.3 Å². The fraction of sp³-hybridized carbons (Fsp3) is 0.239. The summed E-state index contributed by atoms with van der Waals surface area (Å²) in [5, 5.41) is 30.5. The number of likely N-dealkylation sites (tertiary alicyclic amines) is 1. The number of carbonyl (C=O) groups is 2. The molecule has 58 heavy (non-hydrogen) atoms. The van der Waals surface area contributed by atoms with Gasteiger partial charge in [-0.25, -0.2) is 4.79 Å². The number of piperidine rings is 1. The van der Waals surface area contributed by atoms with Crippen LogP contribution < -0.4 is 26.2 Å². The summed E-state index contributed by atoms with van der Waals surface area (Å²) in [6.45, 7) is 3.19. The number of hydrogen-bond acceptors (Lipinski definition) is 9. The van der Waals surface area contributed by atoms with Crippen molar-refractivity contribution in [2.24, 2.45) is 0 Å². The Bertz CT molecular complexity index is 2360. The number of anilines is 2. The van der Waals surface area contributed by atoms with Gasteiger partial charge in [-0.05, 0) is 84.0 Å². The molecule has 0 radical (unpaired) electrons. The summed E-state index contributed by atoms with van der Waals surface area (Å²) in [4.78, 5) is 42.1. The van der Waals surface area contributed by atoms with Crippen LogP contribution in [0.15, 0.2) is 132 Å². The summed E-state index contributed by atoms with van der Waals surface area (Å²) in [7, 11) is 0. The third-order valence-corrected chi connectivity index (χ3v) is 10.2. The molecule has 7 rings (SSSR count). The smallest absolute Gasteiger partial charge is 0.411 e. The van der Waals surface area contributed by atoms with Gasteiger partial charge >= 0.3 is 6.09 Å². The van der Waals surface area contributed by atoms with Crippen LogP contribution in [0.5, 0.6) is 11.5 Å². The maximum Gasteiger partial charge on any atom is 0.411 e. The number of aliphatic hydroxyl groups is 1. The molecule has 5 aromatic carbocycles. The highest BCUT2D eigenvalue weighted by Crippen LogP contribution is 2.30. The van der Waals surface area contributed by atoms with E-state index in [1.165, 1.54) is 17.7 Å². The summed E-state index contributed by atoms with van der Waals surface area (Å²) in [6, 6.07) is 38.9. The zero-order valence-corrected chi connectivity index (χ0v) is 32.0. The summed E-state index contributed by atoms with van der Waals surface area (Å²) in [5.41, 5.74) is 6.08. The van der Waals surface area contributed by atoms with Crippen molar-refractivity contribution in [3.05, 3.63) is 154 Å². The molecule has 0 bridgehead atoms. The van der Waals surface area contributed by atoms with Crippen LogP contribution in [0.3, 0.4) is 0 Å². The normalized spacial score (nSPS) is 13.8. The third kappa shape index (κ3) is 10.7. The first-order chi connectivity index (χ1) is 28.3. The van der Waals surface area contributed by atoms with Crippen molar-refractivity contribution in [3.8, 4) is 22.6 Å². The first-order valence-electron chi connectivity index (χ1n) is 19.5. The average Bonchev–Trinajstić information content (AvgIpc) is 3.24. The van der Waals surface area contributed by atoms with Gasteiger partial charge in [-0.2, -0.15) is 0 Å². The SMILES string of the molecule is O=C(COc1ccc(CNC[C@@H](O)c2ccc(O)c3[nH]c(=O)ccc23)cc1)Nc1ccc(CCN2CCC(OC(=O)Nc3ccccc3-c3ccccc3)CC2)cc1. The van der Waals surface area contributed by atoms with E-state index in [9.17, 15) is 24.6 Å². The number of carbonyl (C=O) groups excluding carboxylic acids is 2. The summed E-state index contributed by atoms with van der Waals surface area (Å²) in [5.74, 6) is 0.236. The lowest BCUT2D eigenvalue weighted by Gasteiger charge is -2.31. The van der Waals surface area contributed by atoms with Gasteiger partial charge in [-0.1, -0.05) is 78.9 Å². The number of rotatable bonds is 15. The van der Waals surface area contributed by atoms with Crippen molar-refractivity contribution in [2.45, 2.75) is 38.0 Å². The highest BCUT2D eigenvalue weighted by molar-refractivity contribution is 5.92. The van der Waals surface area contributed by atoms with Crippen LogP contribution >= 0.6 is 0 Å². The minimum absolute atomic E-state index is 0.0550. The van der Waals surface area contributed by atoms with Crippen molar-refractivity contribution >= 4 is 34.3 Å². The number of benzene rings is 5. The number of phenolic OH excluding ortho intramolecular Hbond substituents is 1. The number of nitrogens with zero attached hydrogens (tertiary/aromatic N) is 1. The topological polar surface area (TPSA) is 165 Å². The number of pyridine rings is 1. The molecule has 1 fully saturated rings. The number of amides is 2. The number of para-hydroxylation sites is 1. The number of phenols is 1. The zero-order chi connectivity index (χ0) is 40.3. The number of aliphatic hydroxyl groups excluding tert-OH is 1. The van der Waals surface area contributed by atoms with Crippen LogP contribution in [0.2, 0.25) is 0 Å². The third-order valence-electron chi connectivity index (χ3n) is 10.2. The lowest BCUT2D eigenvalue weighted by atomic mass is 10.0. The maximum atomic E-state index is 12.8. The molecule has 2 amide bonds. The van der Waals surface area contributed by atoms with Crippen LogP contribution in [-0.4, -0.2) is 71.0 Å². The highest BCUT2D eigenvalue weighted by Gasteiger charge is 2.23. The van der Waals surface area contributed by atoms with Gasteiger partial charge in [0, 0.05) is 55.4 Å². The van der Waals surface area contributed by atoms with Gasteiger partial charge in [-0.15, -0.1) is 0 Å².